The van der Waals surface area contributed by atoms with Gasteiger partial charge >= 0.3 is 0 Å². The molecule has 1 aromatic heterocycles. The molecule has 0 aliphatic carbocycles. The number of aryl methyl sites for hydroxylation is 1. The van der Waals surface area contributed by atoms with Crippen molar-refractivity contribution < 1.29 is 9.13 Å². The van der Waals surface area contributed by atoms with Gasteiger partial charge in [-0.2, -0.15) is 0 Å². The van der Waals surface area contributed by atoms with Crippen LogP contribution in [0.1, 0.15) is 22.7 Å². The van der Waals surface area contributed by atoms with E-state index in [0.717, 1.165) is 11.1 Å². The first-order chi connectivity index (χ1) is 9.19. The van der Waals surface area contributed by atoms with E-state index in [1.54, 1.807) is 24.5 Å². The zero-order valence-corrected chi connectivity index (χ0v) is 10.9. The van der Waals surface area contributed by atoms with Crippen LogP contribution < -0.4 is 16.0 Å². The van der Waals surface area contributed by atoms with Crippen LogP contribution in [0.2, 0.25) is 0 Å². The number of nitrogens with zero attached hydrogens (tertiary/aromatic N) is 1. The molecule has 0 aliphatic heterocycles. The third-order valence-electron chi connectivity index (χ3n) is 3.08. The number of ether oxygens (including phenoxy) is 1. The van der Waals surface area contributed by atoms with Crippen LogP contribution in [0.5, 0.6) is 5.75 Å². The van der Waals surface area contributed by atoms with E-state index in [1.807, 2.05) is 13.0 Å². The molecule has 0 spiro atoms. The highest BCUT2D eigenvalue weighted by Gasteiger charge is 2.22. The van der Waals surface area contributed by atoms with Gasteiger partial charge in [-0.1, -0.05) is 6.07 Å². The summed E-state index contributed by atoms with van der Waals surface area (Å²) < 4.78 is 19.3. The molecule has 100 valence electrons. The van der Waals surface area contributed by atoms with Crippen LogP contribution in [0.4, 0.5) is 4.39 Å². The molecule has 2 aromatic rings. The second kappa shape index (κ2) is 5.77. The highest BCUT2D eigenvalue weighted by atomic mass is 19.1. The number of nitrogens with two attached hydrogens (primary N) is 1. The Morgan fingerprint density at radius 2 is 2.16 bits per heavy atom. The van der Waals surface area contributed by atoms with E-state index in [4.69, 9.17) is 10.6 Å². The predicted octanol–water partition coefficient (Wildman–Crippen LogP) is 2.09. The van der Waals surface area contributed by atoms with E-state index in [-0.39, 0.29) is 5.82 Å². The number of hydrogen-bond donors (Lipinski definition) is 2. The molecule has 0 amide bonds. The summed E-state index contributed by atoms with van der Waals surface area (Å²) in [6, 6.07) is 6.03. The Kier molecular flexibility index (Phi) is 4.09. The Morgan fingerprint density at radius 1 is 1.37 bits per heavy atom. The Morgan fingerprint density at radius 3 is 2.79 bits per heavy atom. The van der Waals surface area contributed by atoms with Gasteiger partial charge in [0.1, 0.15) is 11.6 Å². The third kappa shape index (κ3) is 2.57. The monoisotopic (exact) mass is 261 g/mol. The summed E-state index contributed by atoms with van der Waals surface area (Å²) in [5.41, 5.74) is 4.80. The second-order valence-corrected chi connectivity index (χ2v) is 4.19. The van der Waals surface area contributed by atoms with Crippen molar-refractivity contribution in [2.24, 2.45) is 5.84 Å². The van der Waals surface area contributed by atoms with E-state index in [0.29, 0.717) is 11.3 Å². The lowest BCUT2D eigenvalue weighted by Gasteiger charge is -2.21. The molecule has 1 heterocycles. The standard InChI is InChI=1S/C14H16FN3O/c1-9-6-7-17-8-10(9)14(18-16)13-11(15)4-3-5-12(13)19-2/h3-8,14,18H,16H2,1-2H3. The molecule has 0 saturated carbocycles. The van der Waals surface area contributed by atoms with Crippen LogP contribution in [-0.4, -0.2) is 12.1 Å². The molecule has 2 rings (SSSR count). The van der Waals surface area contributed by atoms with Gasteiger partial charge in [0, 0.05) is 12.4 Å². The minimum atomic E-state index is -0.509. The summed E-state index contributed by atoms with van der Waals surface area (Å²) in [6.07, 6.45) is 3.36. The minimum Gasteiger partial charge on any atom is -0.496 e. The van der Waals surface area contributed by atoms with Gasteiger partial charge in [0.05, 0.1) is 18.7 Å². The summed E-state index contributed by atoms with van der Waals surface area (Å²) in [5.74, 6) is 5.68. The first-order valence-electron chi connectivity index (χ1n) is 5.88. The van der Waals surface area contributed by atoms with Gasteiger partial charge in [0.15, 0.2) is 0 Å². The average molecular weight is 261 g/mol. The molecule has 0 saturated heterocycles. The van der Waals surface area contributed by atoms with E-state index >= 15 is 0 Å². The lowest BCUT2D eigenvalue weighted by atomic mass is 9.96. The largest absolute Gasteiger partial charge is 0.496 e. The van der Waals surface area contributed by atoms with Gasteiger partial charge in [-0.05, 0) is 36.2 Å². The fourth-order valence-corrected chi connectivity index (χ4v) is 2.08. The summed E-state index contributed by atoms with van der Waals surface area (Å²) in [7, 11) is 1.50. The molecule has 4 nitrogen and oxygen atoms in total. The fourth-order valence-electron chi connectivity index (χ4n) is 2.08. The Balaban J connectivity index is 2.58. The number of aromatic nitrogens is 1. The van der Waals surface area contributed by atoms with Gasteiger partial charge in [-0.25, -0.2) is 9.82 Å². The third-order valence-corrected chi connectivity index (χ3v) is 3.08. The van der Waals surface area contributed by atoms with Crippen LogP contribution in [0.3, 0.4) is 0 Å². The number of nitrogens with one attached hydrogen (secondary N) is 1. The van der Waals surface area contributed by atoms with Crippen LogP contribution in [0.15, 0.2) is 36.7 Å². The number of hydrogen-bond acceptors (Lipinski definition) is 4. The van der Waals surface area contributed by atoms with Crippen LogP contribution in [-0.2, 0) is 0 Å². The summed E-state index contributed by atoms with van der Waals surface area (Å²) in [5, 5.41) is 0. The van der Waals surface area contributed by atoms with Crippen molar-refractivity contribution in [3.63, 3.8) is 0 Å². The number of hydrazine groups is 1. The number of pyridine rings is 1. The zero-order chi connectivity index (χ0) is 13.8. The fraction of sp³-hybridized carbons (Fsp3) is 0.214. The lowest BCUT2D eigenvalue weighted by molar-refractivity contribution is 0.397. The molecule has 0 radical (unpaired) electrons. The molecule has 1 aromatic carbocycles. The number of methoxy groups -OCH3 is 1. The molecule has 0 aliphatic rings. The molecule has 0 bridgehead atoms. The average Bonchev–Trinajstić information content (AvgIpc) is 2.43. The Bertz CT molecular complexity index is 574. The van der Waals surface area contributed by atoms with Gasteiger partial charge < -0.3 is 4.74 Å². The minimum absolute atomic E-state index is 0.370. The smallest absolute Gasteiger partial charge is 0.132 e. The van der Waals surface area contributed by atoms with Crippen LogP contribution >= 0.6 is 0 Å². The van der Waals surface area contributed by atoms with Gasteiger partial charge in [-0.3, -0.25) is 10.8 Å². The van der Waals surface area contributed by atoms with Crippen LogP contribution in [0.25, 0.3) is 0 Å². The molecule has 19 heavy (non-hydrogen) atoms. The maximum absolute atomic E-state index is 14.1. The summed E-state index contributed by atoms with van der Waals surface area (Å²) in [6.45, 7) is 1.93. The van der Waals surface area contributed by atoms with Crippen molar-refractivity contribution in [2.75, 3.05) is 7.11 Å². The predicted molar refractivity (Wildman–Crippen MR) is 71.1 cm³/mol. The van der Waals surface area contributed by atoms with Crippen molar-refractivity contribution in [1.29, 1.82) is 0 Å². The van der Waals surface area contributed by atoms with E-state index in [1.165, 1.54) is 13.2 Å². The van der Waals surface area contributed by atoms with Crippen molar-refractivity contribution >= 4 is 0 Å². The molecular formula is C14H16FN3O. The molecule has 3 N–H and O–H groups in total. The number of rotatable bonds is 4. The maximum Gasteiger partial charge on any atom is 0.132 e. The van der Waals surface area contributed by atoms with Gasteiger partial charge in [0.25, 0.3) is 0 Å². The quantitative estimate of drug-likeness (QED) is 0.653. The normalized spacial score (nSPS) is 12.2. The van der Waals surface area contributed by atoms with Gasteiger partial charge in [0.2, 0.25) is 0 Å². The van der Waals surface area contributed by atoms with Crippen molar-refractivity contribution in [3.8, 4) is 5.75 Å². The summed E-state index contributed by atoms with van der Waals surface area (Å²) in [4.78, 5) is 4.07. The van der Waals surface area contributed by atoms with E-state index in [9.17, 15) is 4.39 Å². The highest BCUT2D eigenvalue weighted by molar-refractivity contribution is 5.43. The molecule has 1 atom stereocenters. The van der Waals surface area contributed by atoms with E-state index in [2.05, 4.69) is 10.4 Å². The molecule has 5 heteroatoms. The molecule has 1 unspecified atom stereocenters. The van der Waals surface area contributed by atoms with Crippen molar-refractivity contribution in [1.82, 2.24) is 10.4 Å². The Labute approximate surface area is 111 Å². The second-order valence-electron chi connectivity index (χ2n) is 4.19. The first kappa shape index (κ1) is 13.5. The Hall–Kier alpha value is -1.98. The van der Waals surface area contributed by atoms with Crippen molar-refractivity contribution in [2.45, 2.75) is 13.0 Å². The molecule has 0 fully saturated rings. The lowest BCUT2D eigenvalue weighted by Crippen LogP contribution is -2.30. The number of benzene rings is 1. The first-order valence-corrected chi connectivity index (χ1v) is 5.88. The maximum atomic E-state index is 14.1. The highest BCUT2D eigenvalue weighted by Crippen LogP contribution is 2.32. The number of halogens is 1. The van der Waals surface area contributed by atoms with Crippen molar-refractivity contribution in [3.05, 3.63) is 59.2 Å². The topological polar surface area (TPSA) is 60.2 Å². The summed E-state index contributed by atoms with van der Waals surface area (Å²) >= 11 is 0. The van der Waals surface area contributed by atoms with Gasteiger partial charge in [-0.15, -0.1) is 0 Å². The zero-order valence-electron chi connectivity index (χ0n) is 10.9. The SMILES string of the molecule is COc1cccc(F)c1C(NN)c1cnccc1C. The molecular weight excluding hydrogens is 245 g/mol. The van der Waals surface area contributed by atoms with Crippen LogP contribution in [0, 0.1) is 12.7 Å². The van der Waals surface area contributed by atoms with E-state index < -0.39 is 6.04 Å².